The molecule has 0 bridgehead atoms. The van der Waals surface area contributed by atoms with Crippen LogP contribution >= 0.6 is 0 Å². The van der Waals surface area contributed by atoms with E-state index in [9.17, 15) is 4.79 Å². The molecule has 1 atom stereocenters. The van der Waals surface area contributed by atoms with Gasteiger partial charge in [-0.15, -0.1) is 0 Å². The number of Topliss-reactive ketones (excluding diaryl/α,β-unsaturated/α-hetero) is 1. The zero-order valence-electron chi connectivity index (χ0n) is 11.0. The van der Waals surface area contributed by atoms with Gasteiger partial charge in [-0.05, 0) is 25.0 Å². The summed E-state index contributed by atoms with van der Waals surface area (Å²) in [5, 5.41) is 0. The molecule has 19 heavy (non-hydrogen) atoms. The number of hydrogen-bond donors (Lipinski definition) is 0. The molecule has 0 aliphatic carbocycles. The maximum Gasteiger partial charge on any atom is 0.184 e. The van der Waals surface area contributed by atoms with Crippen molar-refractivity contribution in [3.63, 3.8) is 0 Å². The number of benzene rings is 2. The number of para-hydroxylation sites is 1. The van der Waals surface area contributed by atoms with Crippen LogP contribution in [0.1, 0.15) is 22.8 Å². The monoisotopic (exact) mass is 251 g/mol. The number of nitrogens with zero attached hydrogens (tertiary/aromatic N) is 1. The summed E-state index contributed by atoms with van der Waals surface area (Å²) in [6.07, 6.45) is 1.03. The summed E-state index contributed by atoms with van der Waals surface area (Å²) in [6.45, 7) is 2.93. The molecule has 0 N–H and O–H groups in total. The number of carbonyl (C=O) groups is 1. The summed E-state index contributed by atoms with van der Waals surface area (Å²) >= 11 is 0. The van der Waals surface area contributed by atoms with E-state index in [2.05, 4.69) is 23.1 Å². The molecule has 0 saturated heterocycles. The lowest BCUT2D eigenvalue weighted by atomic mass is 10.0. The van der Waals surface area contributed by atoms with Gasteiger partial charge in [0.15, 0.2) is 5.78 Å². The molecule has 2 heteroatoms. The average Bonchev–Trinajstić information content (AvgIpc) is 2.90. The molecule has 1 heterocycles. The van der Waals surface area contributed by atoms with Crippen molar-refractivity contribution in [2.75, 3.05) is 11.4 Å². The van der Waals surface area contributed by atoms with Gasteiger partial charge in [0.05, 0.1) is 6.04 Å². The van der Waals surface area contributed by atoms with E-state index >= 15 is 0 Å². The second kappa shape index (κ2) is 4.88. The molecular weight excluding hydrogens is 234 g/mol. The third kappa shape index (κ3) is 2.14. The lowest BCUT2D eigenvalue weighted by molar-refractivity contribution is 0.0965. The molecule has 0 aromatic heterocycles. The number of anilines is 1. The summed E-state index contributed by atoms with van der Waals surface area (Å²) in [4.78, 5) is 14.7. The second-order valence-electron chi connectivity index (χ2n) is 4.98. The minimum atomic E-state index is -0.106. The van der Waals surface area contributed by atoms with Crippen LogP contribution in [0.3, 0.4) is 0 Å². The molecule has 0 saturated carbocycles. The smallest absolute Gasteiger partial charge is 0.184 e. The van der Waals surface area contributed by atoms with Crippen molar-refractivity contribution in [2.45, 2.75) is 19.4 Å². The van der Waals surface area contributed by atoms with Crippen LogP contribution in [0.2, 0.25) is 0 Å². The minimum Gasteiger partial charge on any atom is -0.361 e. The average molecular weight is 251 g/mol. The fourth-order valence-electron chi connectivity index (χ4n) is 2.75. The van der Waals surface area contributed by atoms with Crippen LogP contribution < -0.4 is 4.90 Å². The van der Waals surface area contributed by atoms with Crippen molar-refractivity contribution in [3.8, 4) is 0 Å². The normalized spacial score (nSPS) is 15.1. The van der Waals surface area contributed by atoms with E-state index in [4.69, 9.17) is 0 Å². The Morgan fingerprint density at radius 3 is 2.53 bits per heavy atom. The Bertz CT molecular complexity index is 591. The van der Waals surface area contributed by atoms with E-state index in [1.807, 2.05) is 43.3 Å². The lowest BCUT2D eigenvalue weighted by Gasteiger charge is -2.26. The number of fused-ring (bicyclic) bond motifs is 1. The predicted octanol–water partition coefficient (Wildman–Crippen LogP) is 3.32. The Hall–Kier alpha value is -2.09. The van der Waals surface area contributed by atoms with Crippen LogP contribution in [0, 0.1) is 0 Å². The first-order valence-corrected chi connectivity index (χ1v) is 6.71. The third-order valence-corrected chi connectivity index (χ3v) is 3.83. The highest BCUT2D eigenvalue weighted by molar-refractivity contribution is 6.01. The fourth-order valence-corrected chi connectivity index (χ4v) is 2.75. The van der Waals surface area contributed by atoms with E-state index < -0.39 is 0 Å². The topological polar surface area (TPSA) is 20.3 Å². The fraction of sp³-hybridized carbons (Fsp3) is 0.235. The van der Waals surface area contributed by atoms with Crippen LogP contribution in [-0.2, 0) is 6.42 Å². The molecule has 96 valence electrons. The predicted molar refractivity (Wildman–Crippen MR) is 77.7 cm³/mol. The van der Waals surface area contributed by atoms with Gasteiger partial charge in [0.25, 0.3) is 0 Å². The third-order valence-electron chi connectivity index (χ3n) is 3.83. The van der Waals surface area contributed by atoms with Crippen molar-refractivity contribution >= 4 is 11.5 Å². The van der Waals surface area contributed by atoms with Crippen LogP contribution in [0.5, 0.6) is 0 Å². The number of ketones is 1. The SMILES string of the molecule is CC(C(=O)c1ccccc1)N1CCc2ccccc21. The maximum absolute atomic E-state index is 12.5. The highest BCUT2D eigenvalue weighted by Crippen LogP contribution is 2.29. The highest BCUT2D eigenvalue weighted by atomic mass is 16.1. The van der Waals surface area contributed by atoms with Crippen molar-refractivity contribution in [3.05, 3.63) is 65.7 Å². The van der Waals surface area contributed by atoms with Gasteiger partial charge in [-0.2, -0.15) is 0 Å². The van der Waals surface area contributed by atoms with E-state index in [0.717, 1.165) is 18.5 Å². The number of hydrogen-bond acceptors (Lipinski definition) is 2. The Labute approximate surface area is 113 Å². The Morgan fingerprint density at radius 2 is 1.74 bits per heavy atom. The van der Waals surface area contributed by atoms with Crippen molar-refractivity contribution in [1.82, 2.24) is 0 Å². The molecule has 1 aliphatic rings. The standard InChI is InChI=1S/C17H17NO/c1-13(17(19)15-8-3-2-4-9-15)18-12-11-14-7-5-6-10-16(14)18/h2-10,13H,11-12H2,1H3. The van der Waals surface area contributed by atoms with Crippen molar-refractivity contribution < 1.29 is 4.79 Å². The van der Waals surface area contributed by atoms with Gasteiger partial charge in [-0.25, -0.2) is 0 Å². The van der Waals surface area contributed by atoms with Crippen LogP contribution in [0.25, 0.3) is 0 Å². The van der Waals surface area contributed by atoms with Gasteiger partial charge in [-0.3, -0.25) is 4.79 Å². The molecule has 3 rings (SSSR count). The number of carbonyl (C=O) groups excluding carboxylic acids is 1. The summed E-state index contributed by atoms with van der Waals surface area (Å²) in [7, 11) is 0. The molecule has 0 radical (unpaired) electrons. The maximum atomic E-state index is 12.5. The van der Waals surface area contributed by atoms with E-state index in [-0.39, 0.29) is 11.8 Å². The van der Waals surface area contributed by atoms with E-state index in [0.29, 0.717) is 0 Å². The molecule has 0 spiro atoms. The molecule has 1 aliphatic heterocycles. The highest BCUT2D eigenvalue weighted by Gasteiger charge is 2.27. The summed E-state index contributed by atoms with van der Waals surface area (Å²) in [5.41, 5.74) is 3.34. The molecule has 0 amide bonds. The van der Waals surface area contributed by atoms with Crippen LogP contribution in [0.15, 0.2) is 54.6 Å². The van der Waals surface area contributed by atoms with Crippen LogP contribution in [0.4, 0.5) is 5.69 Å². The molecular formula is C17H17NO. The first-order valence-electron chi connectivity index (χ1n) is 6.71. The van der Waals surface area contributed by atoms with Crippen molar-refractivity contribution in [1.29, 1.82) is 0 Å². The van der Waals surface area contributed by atoms with Gasteiger partial charge >= 0.3 is 0 Å². The Kier molecular flexibility index (Phi) is 3.08. The van der Waals surface area contributed by atoms with Gasteiger partial charge in [-0.1, -0.05) is 48.5 Å². The summed E-state index contributed by atoms with van der Waals surface area (Å²) in [6, 6.07) is 17.8. The van der Waals surface area contributed by atoms with Gasteiger partial charge in [0.2, 0.25) is 0 Å². The molecule has 2 nitrogen and oxygen atoms in total. The first-order chi connectivity index (χ1) is 9.27. The summed E-state index contributed by atoms with van der Waals surface area (Å²) in [5.74, 6) is 0.192. The largest absolute Gasteiger partial charge is 0.361 e. The quantitative estimate of drug-likeness (QED) is 0.780. The molecule has 2 aromatic carbocycles. The second-order valence-corrected chi connectivity index (χ2v) is 4.98. The molecule has 2 aromatic rings. The van der Waals surface area contributed by atoms with Gasteiger partial charge in [0.1, 0.15) is 0 Å². The van der Waals surface area contributed by atoms with E-state index in [1.54, 1.807) is 0 Å². The van der Waals surface area contributed by atoms with Gasteiger partial charge in [0, 0.05) is 17.8 Å². The minimum absolute atomic E-state index is 0.106. The van der Waals surface area contributed by atoms with Crippen LogP contribution in [-0.4, -0.2) is 18.4 Å². The first kappa shape index (κ1) is 12.0. The zero-order valence-corrected chi connectivity index (χ0v) is 11.0. The summed E-state index contributed by atoms with van der Waals surface area (Å²) < 4.78 is 0. The lowest BCUT2D eigenvalue weighted by Crippen LogP contribution is -2.37. The Balaban J connectivity index is 1.86. The molecule has 0 fully saturated rings. The van der Waals surface area contributed by atoms with Gasteiger partial charge < -0.3 is 4.90 Å². The molecule has 1 unspecified atom stereocenters. The number of rotatable bonds is 3. The Morgan fingerprint density at radius 1 is 1.05 bits per heavy atom. The van der Waals surface area contributed by atoms with Crippen molar-refractivity contribution in [2.24, 2.45) is 0 Å². The van der Waals surface area contributed by atoms with E-state index in [1.165, 1.54) is 11.3 Å². The zero-order chi connectivity index (χ0) is 13.2.